The molecule has 5 nitrogen and oxygen atoms in total. The van der Waals surface area contributed by atoms with E-state index in [1.807, 2.05) is 6.92 Å². The number of sulfonamides is 1. The fraction of sp³-hybridized carbons (Fsp3) is 0.308. The Morgan fingerprint density at radius 3 is 2.67 bits per heavy atom. The van der Waals surface area contributed by atoms with Crippen molar-refractivity contribution in [3.63, 3.8) is 0 Å². The molecule has 0 fully saturated rings. The van der Waals surface area contributed by atoms with Gasteiger partial charge < -0.3 is 4.57 Å². The second-order valence-corrected chi connectivity index (χ2v) is 8.81. The van der Waals surface area contributed by atoms with Gasteiger partial charge in [0.05, 0.1) is 9.47 Å². The van der Waals surface area contributed by atoms with Crippen molar-refractivity contribution >= 4 is 43.0 Å². The van der Waals surface area contributed by atoms with Gasteiger partial charge >= 0.3 is 0 Å². The van der Waals surface area contributed by atoms with E-state index in [9.17, 15) is 13.2 Å². The van der Waals surface area contributed by atoms with Gasteiger partial charge in [-0.3, -0.25) is 9.52 Å². The van der Waals surface area contributed by atoms with Gasteiger partial charge in [0.1, 0.15) is 4.90 Å². The lowest BCUT2D eigenvalue weighted by atomic mass is 10.4. The van der Waals surface area contributed by atoms with Gasteiger partial charge in [0.15, 0.2) is 0 Å². The van der Waals surface area contributed by atoms with Crippen LogP contribution in [0.4, 0.5) is 5.69 Å². The molecule has 0 saturated carbocycles. The lowest BCUT2D eigenvalue weighted by molar-refractivity contribution is 0.600. The maximum absolute atomic E-state index is 12.4. The van der Waals surface area contributed by atoms with Crippen LogP contribution in [-0.4, -0.2) is 13.0 Å². The van der Waals surface area contributed by atoms with Crippen molar-refractivity contribution in [1.29, 1.82) is 0 Å². The van der Waals surface area contributed by atoms with Crippen LogP contribution in [0.2, 0.25) is 0 Å². The van der Waals surface area contributed by atoms with Gasteiger partial charge in [0.25, 0.3) is 15.6 Å². The van der Waals surface area contributed by atoms with Gasteiger partial charge in [-0.2, -0.15) is 0 Å². The van der Waals surface area contributed by atoms with Gasteiger partial charge in [0, 0.05) is 23.7 Å². The van der Waals surface area contributed by atoms with Crippen molar-refractivity contribution in [2.75, 3.05) is 4.72 Å². The monoisotopic (exact) mass is 390 g/mol. The molecule has 0 aliphatic heterocycles. The second-order valence-electron chi connectivity index (χ2n) is 4.53. The van der Waals surface area contributed by atoms with Crippen molar-refractivity contribution in [3.05, 3.63) is 43.4 Å². The molecule has 0 unspecified atom stereocenters. The number of pyridine rings is 1. The Bertz CT molecular complexity index is 809. The Morgan fingerprint density at radius 1 is 1.38 bits per heavy atom. The van der Waals surface area contributed by atoms with Crippen LogP contribution < -0.4 is 10.3 Å². The predicted octanol–water partition coefficient (Wildman–Crippen LogP) is 3.19. The third-order valence-corrected chi connectivity index (χ3v) is 6.02. The van der Waals surface area contributed by atoms with E-state index < -0.39 is 10.0 Å². The topological polar surface area (TPSA) is 68.2 Å². The van der Waals surface area contributed by atoms with Gasteiger partial charge in [-0.1, -0.05) is 6.92 Å². The first-order valence-corrected chi connectivity index (χ1v) is 9.42. The van der Waals surface area contributed by atoms with Crippen LogP contribution in [0.1, 0.15) is 18.2 Å². The highest BCUT2D eigenvalue weighted by atomic mass is 79.9. The van der Waals surface area contributed by atoms with Crippen LogP contribution in [-0.2, 0) is 16.6 Å². The van der Waals surface area contributed by atoms with E-state index in [0.717, 1.165) is 10.2 Å². The standard InChI is InChI=1S/C13H15BrN2O3S2/c1-3-6-16-8-10(4-5-13(16)17)15-21(18,19)11-7-12(14)20-9(11)2/h4-5,7-8,15H,3,6H2,1-2H3. The van der Waals surface area contributed by atoms with Crippen molar-refractivity contribution < 1.29 is 8.42 Å². The number of anilines is 1. The molecule has 0 bridgehead atoms. The summed E-state index contributed by atoms with van der Waals surface area (Å²) >= 11 is 4.65. The SMILES string of the molecule is CCCn1cc(NS(=O)(=O)c2cc(Br)sc2C)ccc1=O. The number of aryl methyl sites for hydroxylation is 2. The van der Waals surface area contributed by atoms with Crippen molar-refractivity contribution in [2.45, 2.75) is 31.7 Å². The highest BCUT2D eigenvalue weighted by Crippen LogP contribution is 2.30. The van der Waals surface area contributed by atoms with E-state index in [1.165, 1.54) is 34.2 Å². The normalized spacial score (nSPS) is 11.6. The molecule has 0 spiro atoms. The van der Waals surface area contributed by atoms with Crippen LogP contribution in [0.25, 0.3) is 0 Å². The van der Waals surface area contributed by atoms with E-state index in [-0.39, 0.29) is 10.5 Å². The Hall–Kier alpha value is -1.12. The van der Waals surface area contributed by atoms with Crippen LogP contribution in [0.5, 0.6) is 0 Å². The number of nitrogens with zero attached hydrogens (tertiary/aromatic N) is 1. The molecule has 21 heavy (non-hydrogen) atoms. The number of aromatic nitrogens is 1. The molecule has 8 heteroatoms. The zero-order chi connectivity index (χ0) is 15.6. The summed E-state index contributed by atoms with van der Waals surface area (Å²) < 4.78 is 29.5. The summed E-state index contributed by atoms with van der Waals surface area (Å²) in [6, 6.07) is 4.41. The number of rotatable bonds is 5. The molecule has 2 heterocycles. The van der Waals surface area contributed by atoms with Crippen LogP contribution in [0.3, 0.4) is 0 Å². The van der Waals surface area contributed by atoms with Gasteiger partial charge in [-0.25, -0.2) is 8.42 Å². The Morgan fingerprint density at radius 2 is 2.10 bits per heavy atom. The molecule has 2 aromatic heterocycles. The molecular formula is C13H15BrN2O3S2. The van der Waals surface area contributed by atoms with Crippen LogP contribution in [0.15, 0.2) is 37.9 Å². The van der Waals surface area contributed by atoms with E-state index in [1.54, 1.807) is 13.0 Å². The highest BCUT2D eigenvalue weighted by molar-refractivity contribution is 9.11. The summed E-state index contributed by atoms with van der Waals surface area (Å²) in [6.07, 6.45) is 2.33. The minimum Gasteiger partial charge on any atom is -0.313 e. The lowest BCUT2D eigenvalue weighted by Crippen LogP contribution is -2.20. The Kier molecular flexibility index (Phi) is 4.90. The minimum atomic E-state index is -3.65. The predicted molar refractivity (Wildman–Crippen MR) is 88.6 cm³/mol. The molecular weight excluding hydrogens is 376 g/mol. The maximum atomic E-state index is 12.4. The van der Waals surface area contributed by atoms with E-state index in [4.69, 9.17) is 0 Å². The molecule has 0 aliphatic carbocycles. The molecule has 0 radical (unpaired) electrons. The first kappa shape index (κ1) is 16.3. The lowest BCUT2D eigenvalue weighted by Gasteiger charge is -2.10. The third-order valence-electron chi connectivity index (χ3n) is 2.83. The van der Waals surface area contributed by atoms with E-state index >= 15 is 0 Å². The molecule has 0 saturated heterocycles. The summed E-state index contributed by atoms with van der Waals surface area (Å²) in [4.78, 5) is 12.6. The molecule has 2 aromatic rings. The smallest absolute Gasteiger partial charge is 0.263 e. The Balaban J connectivity index is 2.35. The quantitative estimate of drug-likeness (QED) is 0.851. The number of hydrogen-bond acceptors (Lipinski definition) is 4. The third kappa shape index (κ3) is 3.75. The average molecular weight is 391 g/mol. The summed E-state index contributed by atoms with van der Waals surface area (Å²) in [6.45, 7) is 4.26. The van der Waals surface area contributed by atoms with Gasteiger partial charge in [-0.15, -0.1) is 11.3 Å². The largest absolute Gasteiger partial charge is 0.313 e. The van der Waals surface area contributed by atoms with Crippen LogP contribution >= 0.6 is 27.3 Å². The molecule has 0 atom stereocenters. The van der Waals surface area contributed by atoms with Crippen molar-refractivity contribution in [2.24, 2.45) is 0 Å². The molecule has 0 aliphatic rings. The van der Waals surface area contributed by atoms with E-state index in [2.05, 4.69) is 20.7 Å². The van der Waals surface area contributed by atoms with Crippen molar-refractivity contribution in [1.82, 2.24) is 4.57 Å². The summed E-state index contributed by atoms with van der Waals surface area (Å²) in [5.41, 5.74) is 0.235. The first-order chi connectivity index (χ1) is 9.83. The molecule has 1 N–H and O–H groups in total. The average Bonchev–Trinajstić information content (AvgIpc) is 2.73. The summed E-state index contributed by atoms with van der Waals surface area (Å²) in [5.74, 6) is 0. The number of nitrogens with one attached hydrogen (secondary N) is 1. The highest BCUT2D eigenvalue weighted by Gasteiger charge is 2.19. The fourth-order valence-electron chi connectivity index (χ4n) is 1.92. The molecule has 2 rings (SSSR count). The van der Waals surface area contributed by atoms with E-state index in [0.29, 0.717) is 17.1 Å². The molecule has 0 aromatic carbocycles. The maximum Gasteiger partial charge on any atom is 0.263 e. The molecule has 114 valence electrons. The number of hydrogen-bond donors (Lipinski definition) is 1. The summed E-state index contributed by atoms with van der Waals surface area (Å²) in [7, 11) is -3.65. The van der Waals surface area contributed by atoms with Crippen molar-refractivity contribution in [3.8, 4) is 0 Å². The second kappa shape index (κ2) is 6.33. The van der Waals surface area contributed by atoms with Gasteiger partial charge in [-0.05, 0) is 41.4 Å². The first-order valence-electron chi connectivity index (χ1n) is 6.32. The minimum absolute atomic E-state index is 0.144. The molecule has 0 amide bonds. The number of halogens is 1. The fourth-order valence-corrected chi connectivity index (χ4v) is 5.37. The number of thiophene rings is 1. The summed E-state index contributed by atoms with van der Waals surface area (Å²) in [5, 5.41) is 0. The van der Waals surface area contributed by atoms with Crippen LogP contribution in [0, 0.1) is 6.92 Å². The Labute approximate surface area is 135 Å². The zero-order valence-electron chi connectivity index (χ0n) is 11.6. The zero-order valence-corrected chi connectivity index (χ0v) is 14.8. The van der Waals surface area contributed by atoms with Gasteiger partial charge in [0.2, 0.25) is 0 Å².